The second-order valence-corrected chi connectivity index (χ2v) is 4.08. The van der Waals surface area contributed by atoms with Crippen LogP contribution in [0.4, 0.5) is 11.4 Å². The van der Waals surface area contributed by atoms with Crippen molar-refractivity contribution in [3.63, 3.8) is 0 Å². The molecule has 0 heterocycles. The van der Waals surface area contributed by atoms with E-state index in [9.17, 15) is 14.9 Å². The maximum absolute atomic E-state index is 10.8. The van der Waals surface area contributed by atoms with Crippen molar-refractivity contribution in [3.8, 4) is 5.75 Å². The molecule has 0 aliphatic heterocycles. The summed E-state index contributed by atoms with van der Waals surface area (Å²) in [4.78, 5) is 20.9. The van der Waals surface area contributed by atoms with Gasteiger partial charge in [0.2, 0.25) is 0 Å². The Morgan fingerprint density at radius 1 is 1.53 bits per heavy atom. The van der Waals surface area contributed by atoms with Gasteiger partial charge in [-0.3, -0.25) is 14.9 Å². The van der Waals surface area contributed by atoms with Crippen molar-refractivity contribution in [1.82, 2.24) is 0 Å². The van der Waals surface area contributed by atoms with Crippen LogP contribution in [0.3, 0.4) is 0 Å². The van der Waals surface area contributed by atoms with E-state index in [1.54, 1.807) is 0 Å². The molecule has 0 amide bonds. The molecule has 6 nitrogen and oxygen atoms in total. The maximum Gasteiger partial charge on any atom is 0.311 e. The van der Waals surface area contributed by atoms with Crippen molar-refractivity contribution in [3.05, 3.63) is 27.8 Å². The first-order chi connectivity index (χ1) is 8.11. The Morgan fingerprint density at radius 2 is 2.24 bits per heavy atom. The van der Waals surface area contributed by atoms with Gasteiger partial charge in [0.25, 0.3) is 0 Å². The number of aldehydes is 1. The zero-order valence-corrected chi connectivity index (χ0v) is 9.09. The lowest BCUT2D eigenvalue weighted by Gasteiger charge is -2.08. The highest BCUT2D eigenvalue weighted by Crippen LogP contribution is 2.34. The number of hydrogen-bond acceptors (Lipinski definition) is 5. The van der Waals surface area contributed by atoms with E-state index in [4.69, 9.17) is 10.5 Å². The number of benzene rings is 1. The lowest BCUT2D eigenvalue weighted by molar-refractivity contribution is -0.385. The zero-order valence-electron chi connectivity index (χ0n) is 9.09. The van der Waals surface area contributed by atoms with Crippen LogP contribution in [0, 0.1) is 16.0 Å². The molecule has 0 atom stereocenters. The van der Waals surface area contributed by atoms with E-state index in [-0.39, 0.29) is 22.7 Å². The maximum atomic E-state index is 10.8. The Hall–Kier alpha value is -2.11. The smallest absolute Gasteiger partial charge is 0.311 e. The number of nitrogens with two attached hydrogens (primary N) is 1. The van der Waals surface area contributed by atoms with Crippen LogP contribution in [0.25, 0.3) is 0 Å². The second kappa shape index (κ2) is 4.40. The van der Waals surface area contributed by atoms with Crippen LogP contribution < -0.4 is 10.5 Å². The Kier molecular flexibility index (Phi) is 2.95. The molecule has 90 valence electrons. The number of ether oxygens (including phenoxy) is 1. The minimum absolute atomic E-state index is 0.107. The van der Waals surface area contributed by atoms with E-state index in [0.717, 1.165) is 18.9 Å². The van der Waals surface area contributed by atoms with Crippen LogP contribution in [0.5, 0.6) is 5.75 Å². The van der Waals surface area contributed by atoms with Gasteiger partial charge >= 0.3 is 5.69 Å². The van der Waals surface area contributed by atoms with E-state index in [2.05, 4.69) is 0 Å². The van der Waals surface area contributed by atoms with E-state index in [1.807, 2.05) is 0 Å². The Labute approximate surface area is 97.5 Å². The highest BCUT2D eigenvalue weighted by Gasteiger charge is 2.24. The predicted molar refractivity (Wildman–Crippen MR) is 61.1 cm³/mol. The van der Waals surface area contributed by atoms with Gasteiger partial charge in [-0.2, -0.15) is 0 Å². The molecule has 1 aromatic carbocycles. The molecule has 0 aromatic heterocycles. The third-order valence-corrected chi connectivity index (χ3v) is 2.66. The molecule has 0 saturated heterocycles. The average molecular weight is 236 g/mol. The highest BCUT2D eigenvalue weighted by molar-refractivity contribution is 5.85. The number of carbonyl (C=O) groups excluding carboxylic acids is 1. The van der Waals surface area contributed by atoms with Crippen molar-refractivity contribution in [2.24, 2.45) is 5.92 Å². The molecule has 0 radical (unpaired) electrons. The monoisotopic (exact) mass is 236 g/mol. The molecule has 1 aromatic rings. The molecular formula is C11H12N2O4. The first-order valence-corrected chi connectivity index (χ1v) is 5.27. The van der Waals surface area contributed by atoms with E-state index >= 15 is 0 Å². The van der Waals surface area contributed by atoms with Gasteiger partial charge in [-0.05, 0) is 18.8 Å². The number of nitrogens with zero attached hydrogens (tertiary/aromatic N) is 1. The van der Waals surface area contributed by atoms with Crippen LogP contribution >= 0.6 is 0 Å². The minimum Gasteiger partial charge on any atom is -0.486 e. The molecular weight excluding hydrogens is 224 g/mol. The summed E-state index contributed by atoms with van der Waals surface area (Å²) < 4.78 is 5.37. The summed E-state index contributed by atoms with van der Waals surface area (Å²) in [5.41, 5.74) is 5.67. The summed E-state index contributed by atoms with van der Waals surface area (Å²) in [7, 11) is 0. The highest BCUT2D eigenvalue weighted by atomic mass is 16.6. The summed E-state index contributed by atoms with van der Waals surface area (Å²) in [6, 6.07) is 2.48. The van der Waals surface area contributed by atoms with Gasteiger partial charge in [-0.1, -0.05) is 0 Å². The molecule has 2 N–H and O–H groups in total. The van der Waals surface area contributed by atoms with Crippen LogP contribution in [-0.2, 0) is 0 Å². The number of nitro benzene ring substituents is 1. The molecule has 0 bridgehead atoms. The lowest BCUT2D eigenvalue weighted by atomic mass is 10.1. The third-order valence-electron chi connectivity index (χ3n) is 2.66. The number of hydrogen-bond donors (Lipinski definition) is 1. The van der Waals surface area contributed by atoms with Gasteiger partial charge in [0.1, 0.15) is 0 Å². The summed E-state index contributed by atoms with van der Waals surface area (Å²) in [5, 5.41) is 10.8. The van der Waals surface area contributed by atoms with Crippen molar-refractivity contribution in [1.29, 1.82) is 0 Å². The fraction of sp³-hybridized carbons (Fsp3) is 0.364. The molecule has 1 aliphatic carbocycles. The quantitative estimate of drug-likeness (QED) is 0.364. The molecule has 1 fully saturated rings. The first kappa shape index (κ1) is 11.4. The average Bonchev–Trinajstić information content (AvgIpc) is 3.09. The zero-order chi connectivity index (χ0) is 12.4. The Bertz CT molecular complexity index is 469. The van der Waals surface area contributed by atoms with Crippen LogP contribution in [-0.4, -0.2) is 17.8 Å². The Morgan fingerprint density at radius 3 is 2.76 bits per heavy atom. The Balaban J connectivity index is 2.29. The number of nitrogen functional groups attached to an aromatic ring is 1. The number of rotatable bonds is 5. The fourth-order valence-corrected chi connectivity index (χ4v) is 1.45. The predicted octanol–water partition coefficient (Wildman–Crippen LogP) is 1.78. The summed E-state index contributed by atoms with van der Waals surface area (Å²) in [6.45, 7) is 0.459. The van der Waals surface area contributed by atoms with Crippen molar-refractivity contribution < 1.29 is 14.5 Å². The van der Waals surface area contributed by atoms with Crippen LogP contribution in [0.1, 0.15) is 23.2 Å². The van der Waals surface area contributed by atoms with Crippen molar-refractivity contribution >= 4 is 17.7 Å². The topological polar surface area (TPSA) is 95.5 Å². The summed E-state index contributed by atoms with van der Waals surface area (Å²) in [6.07, 6.45) is 2.68. The van der Waals surface area contributed by atoms with E-state index in [1.165, 1.54) is 6.07 Å². The van der Waals surface area contributed by atoms with Crippen molar-refractivity contribution in [2.45, 2.75) is 12.8 Å². The standard InChI is InChI=1S/C11H12N2O4/c12-9-4-11(17-6-7-1-2-7)10(13(15)16)3-8(9)5-14/h3-5,7H,1-2,6,12H2. The molecule has 6 heteroatoms. The summed E-state index contributed by atoms with van der Waals surface area (Å²) >= 11 is 0. The van der Waals surface area contributed by atoms with E-state index in [0.29, 0.717) is 18.8 Å². The third kappa shape index (κ3) is 2.52. The van der Waals surface area contributed by atoms with Crippen molar-refractivity contribution in [2.75, 3.05) is 12.3 Å². The normalized spacial score (nSPS) is 14.4. The molecule has 17 heavy (non-hydrogen) atoms. The minimum atomic E-state index is -0.575. The summed E-state index contributed by atoms with van der Waals surface area (Å²) in [5.74, 6) is 0.617. The SMILES string of the molecule is Nc1cc(OCC2CC2)c([N+](=O)[O-])cc1C=O. The van der Waals surface area contributed by atoms with Gasteiger partial charge in [0.05, 0.1) is 11.5 Å². The van der Waals surface area contributed by atoms with Crippen LogP contribution in [0.15, 0.2) is 12.1 Å². The van der Waals surface area contributed by atoms with Gasteiger partial charge in [0, 0.05) is 23.4 Å². The number of nitro groups is 1. The lowest BCUT2D eigenvalue weighted by Crippen LogP contribution is -2.04. The van der Waals surface area contributed by atoms with Gasteiger partial charge in [-0.25, -0.2) is 0 Å². The fourth-order valence-electron chi connectivity index (χ4n) is 1.45. The number of carbonyl (C=O) groups is 1. The second-order valence-electron chi connectivity index (χ2n) is 4.08. The van der Waals surface area contributed by atoms with Gasteiger partial charge < -0.3 is 10.5 Å². The van der Waals surface area contributed by atoms with Gasteiger partial charge in [-0.15, -0.1) is 0 Å². The molecule has 2 rings (SSSR count). The van der Waals surface area contributed by atoms with E-state index < -0.39 is 4.92 Å². The van der Waals surface area contributed by atoms with Crippen LogP contribution in [0.2, 0.25) is 0 Å². The first-order valence-electron chi connectivity index (χ1n) is 5.27. The molecule has 0 unspecified atom stereocenters. The largest absolute Gasteiger partial charge is 0.486 e. The molecule has 1 aliphatic rings. The molecule has 0 spiro atoms. The number of anilines is 1. The van der Waals surface area contributed by atoms with Gasteiger partial charge in [0.15, 0.2) is 12.0 Å². The molecule has 1 saturated carbocycles.